The molecular weight excluding hydrogens is 342 g/mol. The van der Waals surface area contributed by atoms with Crippen molar-refractivity contribution in [2.75, 3.05) is 27.3 Å². The maximum absolute atomic E-state index is 5.86. The molecule has 144 valence electrons. The van der Waals surface area contributed by atoms with Gasteiger partial charge in [-0.25, -0.2) is 0 Å². The fraction of sp³-hybridized carbons (Fsp3) is 0.381. The number of guanidine groups is 1. The minimum absolute atomic E-state index is 0.215. The predicted octanol–water partition coefficient (Wildman–Crippen LogP) is 2.76. The van der Waals surface area contributed by atoms with Crippen molar-refractivity contribution in [3.05, 3.63) is 53.6 Å². The van der Waals surface area contributed by atoms with E-state index in [1.54, 1.807) is 14.2 Å². The highest BCUT2D eigenvalue weighted by Gasteiger charge is 2.21. The quantitative estimate of drug-likeness (QED) is 0.446. The summed E-state index contributed by atoms with van der Waals surface area (Å²) in [6, 6.07) is 13.9. The van der Waals surface area contributed by atoms with Crippen LogP contribution in [0.15, 0.2) is 47.5 Å². The zero-order chi connectivity index (χ0) is 19.1. The number of aliphatic imine (C=N–C) groups is 1. The molecule has 3 rings (SSSR count). The van der Waals surface area contributed by atoms with Crippen molar-refractivity contribution in [3.63, 3.8) is 0 Å². The Kier molecular flexibility index (Phi) is 6.41. The number of rotatable bonds is 7. The highest BCUT2D eigenvalue weighted by molar-refractivity contribution is 5.79. The molecule has 27 heavy (non-hydrogen) atoms. The summed E-state index contributed by atoms with van der Waals surface area (Å²) in [6.45, 7) is 3.87. The Morgan fingerprint density at radius 2 is 2.04 bits per heavy atom. The molecule has 1 atom stereocenters. The smallest absolute Gasteiger partial charge is 0.191 e. The van der Waals surface area contributed by atoms with Gasteiger partial charge in [-0.3, -0.25) is 4.99 Å². The number of ether oxygens (including phenoxy) is 3. The first-order chi connectivity index (χ1) is 13.2. The molecule has 2 aromatic rings. The van der Waals surface area contributed by atoms with Crippen molar-refractivity contribution >= 4 is 5.96 Å². The van der Waals surface area contributed by atoms with Crippen molar-refractivity contribution in [3.8, 4) is 17.2 Å². The van der Waals surface area contributed by atoms with E-state index >= 15 is 0 Å². The number of fused-ring (bicyclic) bond motifs is 1. The van der Waals surface area contributed by atoms with Gasteiger partial charge in [-0.2, -0.15) is 0 Å². The molecule has 0 amide bonds. The number of hydrogen-bond acceptors (Lipinski definition) is 4. The van der Waals surface area contributed by atoms with Gasteiger partial charge in [0.2, 0.25) is 0 Å². The molecule has 0 aromatic heterocycles. The largest absolute Gasteiger partial charge is 0.496 e. The van der Waals surface area contributed by atoms with Crippen LogP contribution < -0.4 is 24.8 Å². The van der Waals surface area contributed by atoms with Gasteiger partial charge >= 0.3 is 0 Å². The topological polar surface area (TPSA) is 64.1 Å². The van der Waals surface area contributed by atoms with Gasteiger partial charge in [-0.15, -0.1) is 0 Å². The molecular formula is C21H27N3O3. The van der Waals surface area contributed by atoms with E-state index in [0.717, 1.165) is 29.2 Å². The van der Waals surface area contributed by atoms with Gasteiger partial charge in [0.1, 0.15) is 30.0 Å². The van der Waals surface area contributed by atoms with Crippen LogP contribution in [-0.2, 0) is 13.0 Å². The average Bonchev–Trinajstić information content (AvgIpc) is 3.06. The van der Waals surface area contributed by atoms with Crippen molar-refractivity contribution in [2.24, 2.45) is 4.99 Å². The second-order valence-electron chi connectivity index (χ2n) is 6.42. The Labute approximate surface area is 160 Å². The number of nitrogens with zero attached hydrogens (tertiary/aromatic N) is 1. The van der Waals surface area contributed by atoms with Gasteiger partial charge in [-0.05, 0) is 31.2 Å². The molecule has 0 saturated heterocycles. The maximum Gasteiger partial charge on any atom is 0.191 e. The van der Waals surface area contributed by atoms with Crippen LogP contribution in [0.4, 0.5) is 0 Å². The van der Waals surface area contributed by atoms with E-state index in [0.29, 0.717) is 25.7 Å². The molecule has 2 aromatic carbocycles. The van der Waals surface area contributed by atoms with Crippen molar-refractivity contribution in [1.29, 1.82) is 0 Å². The summed E-state index contributed by atoms with van der Waals surface area (Å²) >= 11 is 0. The SMILES string of the molecule is CN=C(NCCOc1ccccc1)NCc1cc2c(cc1OC)CC(C)O2. The predicted molar refractivity (Wildman–Crippen MR) is 107 cm³/mol. The van der Waals surface area contributed by atoms with E-state index < -0.39 is 0 Å². The number of nitrogens with one attached hydrogen (secondary N) is 2. The van der Waals surface area contributed by atoms with E-state index in [9.17, 15) is 0 Å². The maximum atomic E-state index is 5.86. The Balaban J connectivity index is 1.50. The molecule has 2 N–H and O–H groups in total. The summed E-state index contributed by atoms with van der Waals surface area (Å²) in [5.74, 6) is 3.38. The van der Waals surface area contributed by atoms with Crippen molar-refractivity contribution in [1.82, 2.24) is 10.6 Å². The highest BCUT2D eigenvalue weighted by atomic mass is 16.5. The summed E-state index contributed by atoms with van der Waals surface area (Å²) in [5, 5.41) is 6.56. The third-order valence-electron chi connectivity index (χ3n) is 4.38. The van der Waals surface area contributed by atoms with Crippen LogP contribution in [0.1, 0.15) is 18.1 Å². The van der Waals surface area contributed by atoms with Crippen LogP contribution in [0, 0.1) is 0 Å². The Morgan fingerprint density at radius 1 is 1.22 bits per heavy atom. The molecule has 6 heteroatoms. The van der Waals surface area contributed by atoms with Crippen molar-refractivity contribution < 1.29 is 14.2 Å². The van der Waals surface area contributed by atoms with Gasteiger partial charge < -0.3 is 24.8 Å². The van der Waals surface area contributed by atoms with Crippen LogP contribution in [0.3, 0.4) is 0 Å². The van der Waals surface area contributed by atoms with Gasteiger partial charge in [-0.1, -0.05) is 18.2 Å². The van der Waals surface area contributed by atoms with Crippen LogP contribution in [0.2, 0.25) is 0 Å². The molecule has 0 fully saturated rings. The molecule has 0 spiro atoms. The summed E-state index contributed by atoms with van der Waals surface area (Å²) in [4.78, 5) is 4.25. The lowest BCUT2D eigenvalue weighted by molar-refractivity contribution is 0.254. The van der Waals surface area contributed by atoms with E-state index in [1.165, 1.54) is 5.56 Å². The van der Waals surface area contributed by atoms with Crippen LogP contribution in [0.5, 0.6) is 17.2 Å². The summed E-state index contributed by atoms with van der Waals surface area (Å²) in [6.07, 6.45) is 1.14. The summed E-state index contributed by atoms with van der Waals surface area (Å²) < 4.78 is 17.1. The van der Waals surface area contributed by atoms with Crippen LogP contribution >= 0.6 is 0 Å². The minimum atomic E-state index is 0.215. The Bertz CT molecular complexity index is 778. The first-order valence-electron chi connectivity index (χ1n) is 9.18. The molecule has 0 saturated carbocycles. The molecule has 1 aliphatic heterocycles. The molecule has 0 bridgehead atoms. The van der Waals surface area contributed by atoms with Crippen molar-refractivity contribution in [2.45, 2.75) is 26.0 Å². The molecule has 1 aliphatic rings. The normalized spacial score (nSPS) is 15.7. The highest BCUT2D eigenvalue weighted by Crippen LogP contribution is 2.34. The Morgan fingerprint density at radius 3 is 2.78 bits per heavy atom. The average molecular weight is 369 g/mol. The number of methoxy groups -OCH3 is 1. The number of para-hydroxylation sites is 1. The summed E-state index contributed by atoms with van der Waals surface area (Å²) in [5.41, 5.74) is 2.23. The van der Waals surface area contributed by atoms with E-state index in [4.69, 9.17) is 14.2 Å². The zero-order valence-electron chi connectivity index (χ0n) is 16.1. The minimum Gasteiger partial charge on any atom is -0.496 e. The van der Waals surface area contributed by atoms with E-state index in [-0.39, 0.29) is 6.10 Å². The molecule has 0 aliphatic carbocycles. The fourth-order valence-corrected chi connectivity index (χ4v) is 3.06. The first kappa shape index (κ1) is 18.9. The Hall–Kier alpha value is -2.89. The third kappa shape index (κ3) is 5.06. The lowest BCUT2D eigenvalue weighted by Crippen LogP contribution is -2.38. The fourth-order valence-electron chi connectivity index (χ4n) is 3.06. The van der Waals surface area contributed by atoms with Crippen LogP contribution in [0.25, 0.3) is 0 Å². The molecule has 0 radical (unpaired) electrons. The molecule has 1 unspecified atom stereocenters. The zero-order valence-corrected chi connectivity index (χ0v) is 16.1. The van der Waals surface area contributed by atoms with Gasteiger partial charge in [0.05, 0.1) is 13.7 Å². The second kappa shape index (κ2) is 9.16. The van der Waals surface area contributed by atoms with Gasteiger partial charge in [0.15, 0.2) is 5.96 Å². The summed E-state index contributed by atoms with van der Waals surface area (Å²) in [7, 11) is 3.44. The lowest BCUT2D eigenvalue weighted by atomic mass is 10.1. The molecule has 1 heterocycles. The second-order valence-corrected chi connectivity index (χ2v) is 6.42. The number of hydrogen-bond donors (Lipinski definition) is 2. The lowest BCUT2D eigenvalue weighted by Gasteiger charge is -2.15. The van der Waals surface area contributed by atoms with E-state index in [1.807, 2.05) is 30.3 Å². The first-order valence-corrected chi connectivity index (χ1v) is 9.18. The number of benzene rings is 2. The van der Waals surface area contributed by atoms with Gasteiger partial charge in [0, 0.05) is 31.1 Å². The van der Waals surface area contributed by atoms with E-state index in [2.05, 4.69) is 34.7 Å². The van der Waals surface area contributed by atoms with Gasteiger partial charge in [0.25, 0.3) is 0 Å². The monoisotopic (exact) mass is 369 g/mol. The van der Waals surface area contributed by atoms with Crippen LogP contribution in [-0.4, -0.2) is 39.4 Å². The third-order valence-corrected chi connectivity index (χ3v) is 4.38. The molecule has 6 nitrogen and oxygen atoms in total. The standard InChI is InChI=1S/C21H27N3O3/c1-15-11-16-12-19(25-3)17(13-20(16)27-15)14-24-21(22-2)23-9-10-26-18-7-5-4-6-8-18/h4-8,12-13,15H,9-11,14H2,1-3H3,(H2,22,23,24).